The lowest BCUT2D eigenvalue weighted by Crippen LogP contribution is -2.48. The molecular weight excluding hydrogens is 494 g/mol. The fourth-order valence-corrected chi connectivity index (χ4v) is 3.81. The molecule has 0 saturated carbocycles. The number of nitrogens with one attached hydrogen (secondary N) is 1. The number of ether oxygens (including phenoxy) is 1. The third kappa shape index (κ3) is 5.21. The van der Waals surface area contributed by atoms with Gasteiger partial charge in [0.1, 0.15) is 11.4 Å². The molecule has 0 radical (unpaired) electrons. The number of alkyl halides is 3. The summed E-state index contributed by atoms with van der Waals surface area (Å²) in [6, 6.07) is 1.97. The molecule has 1 aliphatic heterocycles. The third-order valence-corrected chi connectivity index (χ3v) is 5.88. The van der Waals surface area contributed by atoms with Gasteiger partial charge in [0.15, 0.2) is 23.3 Å². The highest BCUT2D eigenvalue weighted by atomic mass is 32.2. The molecule has 2 N–H and O–H groups in total. The van der Waals surface area contributed by atoms with Gasteiger partial charge < -0.3 is 14.4 Å². The summed E-state index contributed by atoms with van der Waals surface area (Å²) in [5, 5.41) is 14.5. The van der Waals surface area contributed by atoms with Crippen molar-refractivity contribution in [2.45, 2.75) is 36.1 Å². The Balaban J connectivity index is 1.69. The number of amidine groups is 1. The molecule has 14 heteroatoms. The quantitative estimate of drug-likeness (QED) is 0.377. The molecule has 0 unspecified atom stereocenters. The van der Waals surface area contributed by atoms with E-state index >= 15 is 0 Å². The van der Waals surface area contributed by atoms with E-state index in [0.717, 1.165) is 11.0 Å². The predicted molar refractivity (Wildman–Crippen MR) is 116 cm³/mol. The lowest BCUT2D eigenvalue weighted by molar-refractivity contribution is -0.164. The molecule has 4 rings (SSSR count). The highest BCUT2D eigenvalue weighted by molar-refractivity contribution is 7.98. The van der Waals surface area contributed by atoms with Crippen molar-refractivity contribution in [2.75, 3.05) is 6.26 Å². The molecule has 9 nitrogen and oxygen atoms in total. The van der Waals surface area contributed by atoms with Gasteiger partial charge in [-0.1, -0.05) is 5.16 Å². The topological polar surface area (TPSA) is 123 Å². The molecule has 35 heavy (non-hydrogen) atoms. The van der Waals surface area contributed by atoms with Gasteiger partial charge in [0.25, 0.3) is 6.02 Å². The first kappa shape index (κ1) is 24.4. The maximum absolute atomic E-state index is 14.9. The number of aromatic nitrogens is 3. The van der Waals surface area contributed by atoms with Gasteiger partial charge >= 0.3 is 12.3 Å². The average Bonchev–Trinajstić information content (AvgIpc) is 3.28. The molecule has 1 amide bonds. The second-order valence-electron chi connectivity index (χ2n) is 7.68. The van der Waals surface area contributed by atoms with Crippen LogP contribution in [-0.4, -0.2) is 50.8 Å². The van der Waals surface area contributed by atoms with Crippen LogP contribution in [0.3, 0.4) is 0 Å². The standard InChI is InChI=1S/C21H17F4N5O4S/c1-20(7-16(21(23,24)25)28-18(33-20)29-19(31)32)12-5-10(3-4-13(12)22)15-6-14(30-34-15)17-26-8-11(35-2)9-27-17/h3-6,8-9,16H,7H2,1-2H3,(H,28,29)(H,31,32)/t16-,20-/m0/s1. The monoisotopic (exact) mass is 511 g/mol. The number of amides is 1. The summed E-state index contributed by atoms with van der Waals surface area (Å²) in [6.07, 6.45) is -2.17. The molecule has 184 valence electrons. The Bertz CT molecular complexity index is 1280. The van der Waals surface area contributed by atoms with Crippen molar-refractivity contribution in [2.24, 2.45) is 4.99 Å². The predicted octanol–water partition coefficient (Wildman–Crippen LogP) is 4.85. The van der Waals surface area contributed by atoms with E-state index in [9.17, 15) is 22.4 Å². The number of aliphatic imine (C=N–C) groups is 1. The molecule has 0 saturated heterocycles. The molecule has 3 heterocycles. The zero-order chi connectivity index (χ0) is 25.4. The van der Waals surface area contributed by atoms with Crippen LogP contribution >= 0.6 is 11.8 Å². The second-order valence-corrected chi connectivity index (χ2v) is 8.56. The number of nitrogens with zero attached hydrogens (tertiary/aromatic N) is 4. The summed E-state index contributed by atoms with van der Waals surface area (Å²) < 4.78 is 66.1. The number of carbonyl (C=O) groups is 1. The Morgan fingerprint density at radius 2 is 1.97 bits per heavy atom. The first-order chi connectivity index (χ1) is 16.5. The fraction of sp³-hybridized carbons (Fsp3) is 0.286. The molecule has 2 aromatic heterocycles. The lowest BCUT2D eigenvalue weighted by Gasteiger charge is -2.38. The SMILES string of the molecule is CSc1cnc(-c2cc(-c3ccc(F)c([C@]4(C)C[C@@H](C(F)(F)F)N=C(NC(=O)O)O4)c3)on2)nc1. The zero-order valence-electron chi connectivity index (χ0n) is 18.1. The van der Waals surface area contributed by atoms with Gasteiger partial charge in [0.2, 0.25) is 0 Å². The lowest BCUT2D eigenvalue weighted by atomic mass is 9.86. The minimum atomic E-state index is -4.81. The van der Waals surface area contributed by atoms with Crippen molar-refractivity contribution in [3.05, 3.63) is 48.0 Å². The van der Waals surface area contributed by atoms with Gasteiger partial charge in [-0.2, -0.15) is 13.2 Å². The highest BCUT2D eigenvalue weighted by Gasteiger charge is 2.50. The van der Waals surface area contributed by atoms with E-state index < -0.39 is 42.2 Å². The van der Waals surface area contributed by atoms with Crippen molar-refractivity contribution < 1.29 is 36.7 Å². The number of benzene rings is 1. The van der Waals surface area contributed by atoms with Gasteiger partial charge in [0.05, 0.1) is 0 Å². The van der Waals surface area contributed by atoms with E-state index in [2.05, 4.69) is 20.1 Å². The number of rotatable bonds is 4. The molecular formula is C21H17F4N5O4S. The Morgan fingerprint density at radius 3 is 2.60 bits per heavy atom. The van der Waals surface area contributed by atoms with Crippen LogP contribution in [-0.2, 0) is 10.3 Å². The number of carboxylic acid groups (broad SMARTS) is 1. The molecule has 1 aromatic carbocycles. The minimum absolute atomic E-state index is 0.183. The van der Waals surface area contributed by atoms with E-state index in [-0.39, 0.29) is 17.1 Å². The second kappa shape index (κ2) is 9.17. The molecule has 0 bridgehead atoms. The van der Waals surface area contributed by atoms with Crippen LogP contribution in [0.1, 0.15) is 18.9 Å². The van der Waals surface area contributed by atoms with E-state index in [1.54, 1.807) is 17.7 Å². The van der Waals surface area contributed by atoms with E-state index in [4.69, 9.17) is 14.4 Å². The molecule has 1 aliphatic rings. The Kier molecular flexibility index (Phi) is 6.40. The Morgan fingerprint density at radius 1 is 1.26 bits per heavy atom. The fourth-order valence-electron chi connectivity index (χ4n) is 3.49. The summed E-state index contributed by atoms with van der Waals surface area (Å²) in [6.45, 7) is 1.22. The van der Waals surface area contributed by atoms with Crippen LogP contribution in [0.5, 0.6) is 0 Å². The summed E-state index contributed by atoms with van der Waals surface area (Å²) in [7, 11) is 0. The van der Waals surface area contributed by atoms with Crippen molar-refractivity contribution in [3.63, 3.8) is 0 Å². The van der Waals surface area contributed by atoms with Crippen LogP contribution in [0.25, 0.3) is 22.8 Å². The third-order valence-electron chi connectivity index (χ3n) is 5.19. The summed E-state index contributed by atoms with van der Waals surface area (Å²) in [5.74, 6) is -0.385. The molecule has 0 aliphatic carbocycles. The molecule has 0 spiro atoms. The summed E-state index contributed by atoms with van der Waals surface area (Å²) in [5.41, 5.74) is -1.55. The number of thioether (sulfide) groups is 1. The average molecular weight is 511 g/mol. The normalized spacial score (nSPS) is 20.2. The molecule has 3 aromatic rings. The minimum Gasteiger partial charge on any atom is -0.465 e. The van der Waals surface area contributed by atoms with E-state index in [0.29, 0.717) is 11.3 Å². The Labute approximate surface area is 199 Å². The van der Waals surface area contributed by atoms with E-state index in [1.165, 1.54) is 36.9 Å². The smallest absolute Gasteiger partial charge is 0.412 e. The van der Waals surface area contributed by atoms with Crippen molar-refractivity contribution in [3.8, 4) is 22.8 Å². The summed E-state index contributed by atoms with van der Waals surface area (Å²) >= 11 is 1.46. The summed E-state index contributed by atoms with van der Waals surface area (Å²) in [4.78, 5) is 23.5. The van der Waals surface area contributed by atoms with Crippen molar-refractivity contribution >= 4 is 23.9 Å². The maximum Gasteiger partial charge on any atom is 0.412 e. The first-order valence-corrected chi connectivity index (χ1v) is 11.2. The van der Waals surface area contributed by atoms with Crippen LogP contribution in [0.4, 0.5) is 22.4 Å². The largest absolute Gasteiger partial charge is 0.465 e. The van der Waals surface area contributed by atoms with Crippen LogP contribution in [0.15, 0.2) is 51.1 Å². The molecule has 2 atom stereocenters. The van der Waals surface area contributed by atoms with Crippen molar-refractivity contribution in [1.29, 1.82) is 0 Å². The zero-order valence-corrected chi connectivity index (χ0v) is 18.9. The van der Waals surface area contributed by atoms with Gasteiger partial charge in [-0.05, 0) is 31.4 Å². The van der Waals surface area contributed by atoms with Crippen LogP contribution < -0.4 is 5.32 Å². The van der Waals surface area contributed by atoms with Crippen molar-refractivity contribution in [1.82, 2.24) is 20.4 Å². The van der Waals surface area contributed by atoms with E-state index in [1.807, 2.05) is 6.26 Å². The van der Waals surface area contributed by atoms with Gasteiger partial charge in [-0.25, -0.2) is 29.5 Å². The highest BCUT2D eigenvalue weighted by Crippen LogP contribution is 2.42. The molecule has 0 fully saturated rings. The maximum atomic E-state index is 14.9. The Hall–Kier alpha value is -3.68. The number of hydrogen-bond acceptors (Lipinski definition) is 8. The first-order valence-electron chi connectivity index (χ1n) is 9.95. The number of hydrogen-bond donors (Lipinski definition) is 2. The van der Waals surface area contributed by atoms with Gasteiger partial charge in [0, 0.05) is 40.9 Å². The van der Waals surface area contributed by atoms with Gasteiger partial charge in [-0.15, -0.1) is 11.8 Å². The van der Waals surface area contributed by atoms with Crippen LogP contribution in [0.2, 0.25) is 0 Å². The van der Waals surface area contributed by atoms with Gasteiger partial charge in [-0.3, -0.25) is 0 Å². The number of halogens is 4. The van der Waals surface area contributed by atoms with Crippen LogP contribution in [0, 0.1) is 5.82 Å².